The van der Waals surface area contributed by atoms with Gasteiger partial charge in [-0.2, -0.15) is 4.98 Å². The van der Waals surface area contributed by atoms with Crippen molar-refractivity contribution in [3.63, 3.8) is 0 Å². The normalized spacial score (nSPS) is 17.6. The minimum atomic E-state index is -3.64. The molecule has 2 aliphatic rings. The Hall–Kier alpha value is -2.86. The lowest BCUT2D eigenvalue weighted by molar-refractivity contribution is 0.0903. The predicted molar refractivity (Wildman–Crippen MR) is 117 cm³/mol. The van der Waals surface area contributed by atoms with Crippen LogP contribution in [0.2, 0.25) is 0 Å². The molecule has 170 valence electrons. The highest BCUT2D eigenvalue weighted by atomic mass is 32.2. The standard InChI is InChI=1S/C20H25N7O4S/c28-17-5-4-15-12-21-20(23-16-6-9-31-10-7-16)24-19(15)26(17)8-1-11-32(29,30)27-13-22-18(25-27)14-2-3-14/h4-5,12-14,16H,1-3,6-11H2,(H,21,23,24). The first-order valence-electron chi connectivity index (χ1n) is 10.9. The van der Waals surface area contributed by atoms with Crippen LogP contribution in [0.25, 0.3) is 11.0 Å². The largest absolute Gasteiger partial charge is 0.381 e. The predicted octanol–water partition coefficient (Wildman–Crippen LogP) is 1.12. The fraction of sp³-hybridized carbons (Fsp3) is 0.550. The van der Waals surface area contributed by atoms with Crippen LogP contribution in [0.3, 0.4) is 0 Å². The van der Waals surface area contributed by atoms with Crippen LogP contribution in [-0.4, -0.2) is 62.1 Å². The van der Waals surface area contributed by atoms with Gasteiger partial charge >= 0.3 is 0 Å². The van der Waals surface area contributed by atoms with Gasteiger partial charge in [0.25, 0.3) is 15.6 Å². The molecule has 0 aromatic carbocycles. The molecule has 1 N–H and O–H groups in total. The summed E-state index contributed by atoms with van der Waals surface area (Å²) in [5, 5.41) is 8.14. The highest BCUT2D eigenvalue weighted by Crippen LogP contribution is 2.37. The number of nitrogens with zero attached hydrogens (tertiary/aromatic N) is 6. The Labute approximate surface area is 184 Å². The quantitative estimate of drug-likeness (QED) is 0.526. The summed E-state index contributed by atoms with van der Waals surface area (Å²) in [5.41, 5.74) is 0.249. The summed E-state index contributed by atoms with van der Waals surface area (Å²) >= 11 is 0. The van der Waals surface area contributed by atoms with Gasteiger partial charge in [-0.15, -0.1) is 9.19 Å². The molecule has 0 radical (unpaired) electrons. The summed E-state index contributed by atoms with van der Waals surface area (Å²) in [6.07, 6.45) is 6.91. The molecule has 1 saturated carbocycles. The molecule has 5 rings (SSSR count). The van der Waals surface area contributed by atoms with Gasteiger partial charge in [0.15, 0.2) is 5.82 Å². The van der Waals surface area contributed by atoms with E-state index in [1.165, 1.54) is 17.0 Å². The van der Waals surface area contributed by atoms with E-state index in [2.05, 4.69) is 25.4 Å². The molecule has 0 atom stereocenters. The van der Waals surface area contributed by atoms with Crippen molar-refractivity contribution in [1.29, 1.82) is 0 Å². The molecule has 4 heterocycles. The van der Waals surface area contributed by atoms with Gasteiger partial charge in [-0.1, -0.05) is 0 Å². The van der Waals surface area contributed by atoms with Gasteiger partial charge in [0.05, 0.1) is 5.75 Å². The first kappa shape index (κ1) is 21.0. The molecule has 0 amide bonds. The monoisotopic (exact) mass is 459 g/mol. The van der Waals surface area contributed by atoms with E-state index in [9.17, 15) is 13.2 Å². The summed E-state index contributed by atoms with van der Waals surface area (Å²) in [7, 11) is -3.64. The molecule has 1 aliphatic heterocycles. The van der Waals surface area contributed by atoms with Crippen molar-refractivity contribution in [3.05, 3.63) is 40.8 Å². The number of pyridine rings is 1. The fourth-order valence-corrected chi connectivity index (χ4v) is 4.88. The number of nitrogens with one attached hydrogen (secondary N) is 1. The van der Waals surface area contributed by atoms with Crippen LogP contribution in [0.5, 0.6) is 0 Å². The van der Waals surface area contributed by atoms with Crippen molar-refractivity contribution in [1.82, 2.24) is 28.7 Å². The molecule has 3 aromatic rings. The fourth-order valence-electron chi connectivity index (χ4n) is 3.80. The van der Waals surface area contributed by atoms with E-state index in [0.29, 0.717) is 30.6 Å². The number of hydrogen-bond acceptors (Lipinski definition) is 9. The molecule has 11 nitrogen and oxygen atoms in total. The summed E-state index contributed by atoms with van der Waals surface area (Å²) in [5.74, 6) is 1.16. The number of aromatic nitrogens is 6. The number of ether oxygens (including phenoxy) is 1. The molecule has 0 bridgehead atoms. The maximum Gasteiger partial charge on any atom is 0.255 e. The smallest absolute Gasteiger partial charge is 0.255 e. The second-order valence-corrected chi connectivity index (χ2v) is 10.2. The molecule has 0 unspecified atom stereocenters. The third kappa shape index (κ3) is 4.51. The van der Waals surface area contributed by atoms with Crippen LogP contribution in [0.4, 0.5) is 5.95 Å². The average molecular weight is 460 g/mol. The number of aryl methyl sites for hydroxylation is 1. The summed E-state index contributed by atoms with van der Waals surface area (Å²) < 4.78 is 33.1. The summed E-state index contributed by atoms with van der Waals surface area (Å²) in [6, 6.07) is 3.35. The van der Waals surface area contributed by atoms with Crippen LogP contribution in [0.1, 0.15) is 43.8 Å². The maximum absolute atomic E-state index is 12.6. The van der Waals surface area contributed by atoms with Crippen LogP contribution < -0.4 is 10.9 Å². The van der Waals surface area contributed by atoms with Gasteiger partial charge in [-0.3, -0.25) is 9.36 Å². The Morgan fingerprint density at radius 1 is 1.12 bits per heavy atom. The van der Waals surface area contributed by atoms with Crippen molar-refractivity contribution in [3.8, 4) is 0 Å². The number of hydrogen-bond donors (Lipinski definition) is 1. The van der Waals surface area contributed by atoms with Crippen molar-refractivity contribution in [2.24, 2.45) is 0 Å². The van der Waals surface area contributed by atoms with Gasteiger partial charge < -0.3 is 10.1 Å². The van der Waals surface area contributed by atoms with Gasteiger partial charge in [0.1, 0.15) is 12.0 Å². The molecule has 12 heteroatoms. The topological polar surface area (TPSA) is 134 Å². The third-order valence-corrected chi connectivity index (χ3v) is 7.33. The number of rotatable bonds is 8. The summed E-state index contributed by atoms with van der Waals surface area (Å²) in [4.78, 5) is 25.6. The minimum Gasteiger partial charge on any atom is -0.381 e. The number of anilines is 1. The van der Waals surface area contributed by atoms with Crippen LogP contribution in [0, 0.1) is 0 Å². The Morgan fingerprint density at radius 3 is 2.72 bits per heavy atom. The molecule has 0 spiro atoms. The van der Waals surface area contributed by atoms with Gasteiger partial charge in [-0.25, -0.2) is 18.4 Å². The van der Waals surface area contributed by atoms with Gasteiger partial charge in [0.2, 0.25) is 5.95 Å². The Bertz CT molecular complexity index is 1280. The van der Waals surface area contributed by atoms with Crippen molar-refractivity contribution in [2.45, 2.75) is 50.6 Å². The second-order valence-electron chi connectivity index (χ2n) is 8.25. The lowest BCUT2D eigenvalue weighted by Gasteiger charge is -2.23. The molecule has 32 heavy (non-hydrogen) atoms. The molecule has 2 fully saturated rings. The van der Waals surface area contributed by atoms with E-state index < -0.39 is 10.0 Å². The van der Waals surface area contributed by atoms with Crippen LogP contribution in [-0.2, 0) is 21.3 Å². The van der Waals surface area contributed by atoms with Crippen molar-refractivity contribution >= 4 is 27.0 Å². The Balaban J connectivity index is 1.31. The Kier molecular flexibility index (Phi) is 5.64. The van der Waals surface area contributed by atoms with E-state index in [0.717, 1.165) is 35.2 Å². The zero-order chi connectivity index (χ0) is 22.1. The van der Waals surface area contributed by atoms with Crippen molar-refractivity contribution < 1.29 is 13.2 Å². The van der Waals surface area contributed by atoms with E-state index in [4.69, 9.17) is 4.74 Å². The summed E-state index contributed by atoms with van der Waals surface area (Å²) in [6.45, 7) is 1.60. The van der Waals surface area contributed by atoms with Gasteiger partial charge in [-0.05, 0) is 38.2 Å². The number of fused-ring (bicyclic) bond motifs is 1. The highest BCUT2D eigenvalue weighted by Gasteiger charge is 2.29. The van der Waals surface area contributed by atoms with E-state index in [1.807, 2.05) is 0 Å². The maximum atomic E-state index is 12.6. The zero-order valence-electron chi connectivity index (χ0n) is 17.6. The first-order valence-corrected chi connectivity index (χ1v) is 12.5. The third-order valence-electron chi connectivity index (χ3n) is 5.78. The lowest BCUT2D eigenvalue weighted by Crippen LogP contribution is -2.29. The molecule has 1 saturated heterocycles. The molecular formula is C20H25N7O4S. The first-order chi connectivity index (χ1) is 15.5. The molecular weight excluding hydrogens is 434 g/mol. The van der Waals surface area contributed by atoms with Crippen molar-refractivity contribution in [2.75, 3.05) is 24.3 Å². The van der Waals surface area contributed by atoms with Crippen LogP contribution >= 0.6 is 0 Å². The lowest BCUT2D eigenvalue weighted by atomic mass is 10.1. The highest BCUT2D eigenvalue weighted by molar-refractivity contribution is 7.89. The SMILES string of the molecule is O=c1ccc2cnc(NC3CCOCC3)nc2n1CCCS(=O)(=O)n1cnc(C2CC2)n1. The van der Waals surface area contributed by atoms with Crippen LogP contribution in [0.15, 0.2) is 29.5 Å². The zero-order valence-corrected chi connectivity index (χ0v) is 18.4. The van der Waals surface area contributed by atoms with Gasteiger partial charge in [0, 0.05) is 49.4 Å². The molecule has 3 aromatic heterocycles. The molecule has 1 aliphatic carbocycles. The van der Waals surface area contributed by atoms with E-state index in [1.54, 1.807) is 12.3 Å². The minimum absolute atomic E-state index is 0.151. The Morgan fingerprint density at radius 2 is 1.94 bits per heavy atom. The van der Waals surface area contributed by atoms with E-state index >= 15 is 0 Å². The van der Waals surface area contributed by atoms with E-state index in [-0.39, 0.29) is 36.2 Å². The average Bonchev–Trinajstić information content (AvgIpc) is 3.51. The second kappa shape index (κ2) is 8.58.